The molecule has 5 nitrogen and oxygen atoms in total. The van der Waals surface area contributed by atoms with Gasteiger partial charge in [-0.2, -0.15) is 0 Å². The third kappa shape index (κ3) is 5.11. The molecule has 0 fully saturated rings. The maximum absolute atomic E-state index is 11.5. The van der Waals surface area contributed by atoms with E-state index in [2.05, 4.69) is 20.7 Å². The lowest BCUT2D eigenvalue weighted by Crippen LogP contribution is -2.25. The number of rotatable bonds is 8. The Morgan fingerprint density at radius 1 is 1.25 bits per heavy atom. The zero-order valence-electron chi connectivity index (χ0n) is 11.8. The van der Waals surface area contributed by atoms with Crippen molar-refractivity contribution < 1.29 is 23.7 Å². The van der Waals surface area contributed by atoms with E-state index < -0.39 is 12.3 Å². The van der Waals surface area contributed by atoms with Crippen LogP contribution in [0, 0.1) is 0 Å². The summed E-state index contributed by atoms with van der Waals surface area (Å²) in [6, 6.07) is 5.01. The van der Waals surface area contributed by atoms with Crippen molar-refractivity contribution in [2.75, 3.05) is 26.9 Å². The number of halogens is 1. The first-order valence-corrected chi connectivity index (χ1v) is 7.15. The highest BCUT2D eigenvalue weighted by atomic mass is 79.9. The fourth-order valence-corrected chi connectivity index (χ4v) is 1.89. The second-order valence-corrected chi connectivity index (χ2v) is 4.64. The Morgan fingerprint density at radius 3 is 2.45 bits per heavy atom. The Balaban J connectivity index is 2.72. The molecule has 0 saturated heterocycles. The molecule has 20 heavy (non-hydrogen) atoms. The van der Waals surface area contributed by atoms with E-state index in [1.54, 1.807) is 18.2 Å². The number of benzene rings is 1. The molecule has 1 aromatic rings. The molecule has 0 atom stereocenters. The first-order chi connectivity index (χ1) is 9.62. The summed E-state index contributed by atoms with van der Waals surface area (Å²) in [6.07, 6.45) is -0.432. The van der Waals surface area contributed by atoms with E-state index in [1.807, 2.05) is 13.8 Å². The summed E-state index contributed by atoms with van der Waals surface area (Å²) < 4.78 is 21.8. The van der Waals surface area contributed by atoms with Crippen molar-refractivity contribution in [1.29, 1.82) is 0 Å². The van der Waals surface area contributed by atoms with Gasteiger partial charge in [0.2, 0.25) is 0 Å². The van der Waals surface area contributed by atoms with Gasteiger partial charge in [0.15, 0.2) is 6.29 Å². The highest BCUT2D eigenvalue weighted by Crippen LogP contribution is 2.26. The van der Waals surface area contributed by atoms with E-state index in [1.165, 1.54) is 7.11 Å². The average Bonchev–Trinajstić information content (AvgIpc) is 2.45. The van der Waals surface area contributed by atoms with Gasteiger partial charge in [-0.3, -0.25) is 0 Å². The van der Waals surface area contributed by atoms with Crippen molar-refractivity contribution in [2.45, 2.75) is 20.1 Å². The molecule has 0 N–H and O–H groups in total. The molecular weight excluding hydrogens is 328 g/mol. The summed E-state index contributed by atoms with van der Waals surface area (Å²) in [5.41, 5.74) is 0.426. The van der Waals surface area contributed by atoms with Crippen LogP contribution in [0.15, 0.2) is 22.7 Å². The predicted molar refractivity (Wildman–Crippen MR) is 78.0 cm³/mol. The number of carbonyl (C=O) groups is 1. The number of ether oxygens (including phenoxy) is 4. The third-order valence-corrected chi connectivity index (χ3v) is 3.09. The Labute approximate surface area is 127 Å². The van der Waals surface area contributed by atoms with Gasteiger partial charge >= 0.3 is 5.97 Å². The zero-order chi connectivity index (χ0) is 15.0. The van der Waals surface area contributed by atoms with E-state index in [0.717, 1.165) is 4.47 Å². The number of carbonyl (C=O) groups excluding carboxylic acids is 1. The molecule has 1 aromatic carbocycles. The Hall–Kier alpha value is -1.11. The van der Waals surface area contributed by atoms with Crippen LogP contribution in [-0.4, -0.2) is 39.2 Å². The average molecular weight is 347 g/mol. The van der Waals surface area contributed by atoms with Crippen molar-refractivity contribution in [3.8, 4) is 5.75 Å². The number of esters is 1. The molecule has 1 rings (SSSR count). The Kier molecular flexibility index (Phi) is 7.58. The lowest BCUT2D eigenvalue weighted by molar-refractivity contribution is -0.152. The van der Waals surface area contributed by atoms with E-state index in [0.29, 0.717) is 24.5 Å². The van der Waals surface area contributed by atoms with Crippen LogP contribution in [0.25, 0.3) is 0 Å². The molecule has 6 heteroatoms. The Bertz CT molecular complexity index is 430. The van der Waals surface area contributed by atoms with Crippen LogP contribution >= 0.6 is 15.9 Å². The van der Waals surface area contributed by atoms with Crippen LogP contribution in [-0.2, 0) is 14.2 Å². The van der Waals surface area contributed by atoms with E-state index in [-0.39, 0.29) is 6.61 Å². The molecule has 0 spiro atoms. The zero-order valence-corrected chi connectivity index (χ0v) is 13.4. The first-order valence-electron chi connectivity index (χ1n) is 6.36. The largest absolute Gasteiger partial charge is 0.487 e. The van der Waals surface area contributed by atoms with Crippen LogP contribution in [0.1, 0.15) is 24.2 Å². The molecule has 0 radical (unpaired) electrons. The number of hydrogen-bond acceptors (Lipinski definition) is 5. The fraction of sp³-hybridized carbons (Fsp3) is 0.500. The second kappa shape index (κ2) is 8.94. The normalized spacial score (nSPS) is 10.7. The van der Waals surface area contributed by atoms with Crippen LogP contribution in [0.5, 0.6) is 5.75 Å². The summed E-state index contributed by atoms with van der Waals surface area (Å²) in [6.45, 7) is 5.10. The highest BCUT2D eigenvalue weighted by molar-refractivity contribution is 9.10. The number of hydrogen-bond donors (Lipinski definition) is 0. The minimum absolute atomic E-state index is 0.241. The lowest BCUT2D eigenvalue weighted by Gasteiger charge is -2.18. The Morgan fingerprint density at radius 2 is 1.90 bits per heavy atom. The van der Waals surface area contributed by atoms with Gasteiger partial charge in [0, 0.05) is 13.2 Å². The molecule has 0 heterocycles. The molecule has 0 unspecified atom stereocenters. The quantitative estimate of drug-likeness (QED) is 0.535. The topological polar surface area (TPSA) is 54.0 Å². The van der Waals surface area contributed by atoms with Gasteiger partial charge in [-0.05, 0) is 48.0 Å². The standard InChI is InChI=1S/C14H19BrO5/c1-4-18-13(19-5-2)9-20-12-8-10(14(16)17-3)6-7-11(12)15/h6-8,13H,4-5,9H2,1-3H3. The molecule has 112 valence electrons. The van der Waals surface area contributed by atoms with E-state index in [9.17, 15) is 4.79 Å². The molecule has 0 bridgehead atoms. The molecular formula is C14H19BrO5. The van der Waals surface area contributed by atoms with Crippen molar-refractivity contribution >= 4 is 21.9 Å². The maximum Gasteiger partial charge on any atom is 0.337 e. The minimum atomic E-state index is -0.432. The predicted octanol–water partition coefficient (Wildman–Crippen LogP) is 3.01. The van der Waals surface area contributed by atoms with Gasteiger partial charge in [0.25, 0.3) is 0 Å². The second-order valence-electron chi connectivity index (χ2n) is 3.79. The van der Waals surface area contributed by atoms with Crippen LogP contribution < -0.4 is 4.74 Å². The van der Waals surface area contributed by atoms with Crippen molar-refractivity contribution in [1.82, 2.24) is 0 Å². The SMILES string of the molecule is CCOC(COc1cc(C(=O)OC)ccc1Br)OCC. The van der Waals surface area contributed by atoms with Crippen molar-refractivity contribution in [3.05, 3.63) is 28.2 Å². The monoisotopic (exact) mass is 346 g/mol. The summed E-state index contributed by atoms with van der Waals surface area (Å²) in [4.78, 5) is 11.5. The summed E-state index contributed by atoms with van der Waals surface area (Å²) >= 11 is 3.37. The lowest BCUT2D eigenvalue weighted by atomic mass is 10.2. The van der Waals surface area contributed by atoms with Gasteiger partial charge in [-0.1, -0.05) is 0 Å². The highest BCUT2D eigenvalue weighted by Gasteiger charge is 2.13. The summed E-state index contributed by atoms with van der Waals surface area (Å²) in [5, 5.41) is 0. The van der Waals surface area contributed by atoms with Crippen LogP contribution in [0.3, 0.4) is 0 Å². The summed E-state index contributed by atoms with van der Waals surface area (Å²) in [5.74, 6) is 0.130. The third-order valence-electron chi connectivity index (χ3n) is 2.43. The molecule has 0 aliphatic rings. The van der Waals surface area contributed by atoms with Gasteiger partial charge in [0.05, 0.1) is 17.1 Å². The molecule has 0 saturated carbocycles. The maximum atomic E-state index is 11.5. The minimum Gasteiger partial charge on any atom is -0.487 e. The fourth-order valence-electron chi connectivity index (χ4n) is 1.53. The smallest absolute Gasteiger partial charge is 0.337 e. The van der Waals surface area contributed by atoms with Crippen molar-refractivity contribution in [2.24, 2.45) is 0 Å². The van der Waals surface area contributed by atoms with Crippen LogP contribution in [0.4, 0.5) is 0 Å². The van der Waals surface area contributed by atoms with Gasteiger partial charge in [-0.25, -0.2) is 4.79 Å². The molecule has 0 aliphatic carbocycles. The van der Waals surface area contributed by atoms with Gasteiger partial charge < -0.3 is 18.9 Å². The van der Waals surface area contributed by atoms with E-state index >= 15 is 0 Å². The number of methoxy groups -OCH3 is 1. The van der Waals surface area contributed by atoms with Crippen LogP contribution in [0.2, 0.25) is 0 Å². The molecule has 0 amide bonds. The summed E-state index contributed by atoms with van der Waals surface area (Å²) in [7, 11) is 1.34. The molecule has 0 aromatic heterocycles. The van der Waals surface area contributed by atoms with Crippen molar-refractivity contribution in [3.63, 3.8) is 0 Å². The first kappa shape index (κ1) is 16.9. The van der Waals surface area contributed by atoms with Gasteiger partial charge in [-0.15, -0.1) is 0 Å². The van der Waals surface area contributed by atoms with E-state index in [4.69, 9.17) is 14.2 Å². The molecule has 0 aliphatic heterocycles. The van der Waals surface area contributed by atoms with Gasteiger partial charge in [0.1, 0.15) is 12.4 Å².